The number of nitrogens with zero attached hydrogens (tertiary/aromatic N) is 2. The molecule has 42 heavy (non-hydrogen) atoms. The van der Waals surface area contributed by atoms with Crippen LogP contribution in [0.4, 0.5) is 17.3 Å². The normalized spacial score (nSPS) is 10.3. The number of anilines is 3. The fraction of sp³-hybridized carbons (Fsp3) is 0.152. The van der Waals surface area contributed by atoms with Crippen LogP contribution < -0.4 is 15.8 Å². The maximum absolute atomic E-state index is 11.7. The van der Waals surface area contributed by atoms with Gasteiger partial charge in [0.2, 0.25) is 11.8 Å². The number of carbonyl (C=O) groups is 2. The number of nitrogens with one attached hydrogen (secondary N) is 1. The van der Waals surface area contributed by atoms with Crippen molar-refractivity contribution in [2.75, 3.05) is 25.3 Å². The minimum absolute atomic E-state index is 0.335. The number of aromatic nitrogens is 2. The van der Waals surface area contributed by atoms with Crippen LogP contribution in [0.2, 0.25) is 0 Å². The van der Waals surface area contributed by atoms with Gasteiger partial charge in [0.15, 0.2) is 0 Å². The van der Waals surface area contributed by atoms with Crippen LogP contribution in [0.5, 0.6) is 11.6 Å². The van der Waals surface area contributed by atoms with Crippen LogP contribution in [0.25, 0.3) is 10.8 Å². The molecule has 9 nitrogen and oxygen atoms in total. The summed E-state index contributed by atoms with van der Waals surface area (Å²) in [7, 11) is 2.72. The number of aryl methyl sites for hydroxylation is 3. The Morgan fingerprint density at radius 3 is 2.02 bits per heavy atom. The molecule has 5 rings (SSSR count). The Labute approximate surface area is 244 Å². The van der Waals surface area contributed by atoms with Crippen LogP contribution in [0.1, 0.15) is 37.4 Å². The molecule has 0 atom stereocenters. The van der Waals surface area contributed by atoms with Crippen molar-refractivity contribution in [2.45, 2.75) is 20.8 Å². The van der Waals surface area contributed by atoms with Gasteiger partial charge in [-0.15, -0.1) is 0 Å². The van der Waals surface area contributed by atoms with Crippen molar-refractivity contribution < 1.29 is 23.8 Å². The molecule has 214 valence electrons. The van der Waals surface area contributed by atoms with Gasteiger partial charge in [0.25, 0.3) is 0 Å². The van der Waals surface area contributed by atoms with Crippen molar-refractivity contribution in [3.63, 3.8) is 0 Å². The summed E-state index contributed by atoms with van der Waals surface area (Å²) in [6.07, 6.45) is 1.64. The third-order valence-corrected chi connectivity index (χ3v) is 6.53. The highest BCUT2D eigenvalue weighted by molar-refractivity contribution is 5.92. The van der Waals surface area contributed by atoms with Crippen molar-refractivity contribution in [2.24, 2.45) is 0 Å². The third kappa shape index (κ3) is 7.00. The van der Waals surface area contributed by atoms with Gasteiger partial charge < -0.3 is 25.3 Å². The summed E-state index contributed by atoms with van der Waals surface area (Å²) in [5.74, 6) is 0.863. The van der Waals surface area contributed by atoms with Crippen LogP contribution >= 0.6 is 0 Å². The molecule has 0 aliphatic heterocycles. The summed E-state index contributed by atoms with van der Waals surface area (Å²) in [4.78, 5) is 31.4. The Hall–Kier alpha value is -5.44. The lowest BCUT2D eigenvalue weighted by Gasteiger charge is -2.12. The summed E-state index contributed by atoms with van der Waals surface area (Å²) in [5.41, 5.74) is 11.0. The highest BCUT2D eigenvalue weighted by Gasteiger charge is 2.11. The molecule has 1 aromatic heterocycles. The number of methoxy groups -OCH3 is 2. The number of nitrogen functional groups attached to an aromatic ring is 1. The monoisotopic (exact) mass is 564 g/mol. The van der Waals surface area contributed by atoms with Gasteiger partial charge in [0, 0.05) is 29.0 Å². The van der Waals surface area contributed by atoms with E-state index in [1.807, 2.05) is 44.2 Å². The quantitative estimate of drug-likeness (QED) is 0.167. The van der Waals surface area contributed by atoms with E-state index in [1.54, 1.807) is 48.7 Å². The molecule has 0 fully saturated rings. The first kappa shape index (κ1) is 29.5. The molecular formula is C33H32N4O5. The largest absolute Gasteiger partial charge is 0.465 e. The van der Waals surface area contributed by atoms with Gasteiger partial charge in [-0.3, -0.25) is 0 Å². The van der Waals surface area contributed by atoms with Crippen LogP contribution in [0, 0.1) is 20.8 Å². The highest BCUT2D eigenvalue weighted by atomic mass is 16.5. The molecule has 5 aromatic rings. The topological polar surface area (TPSA) is 126 Å². The zero-order valence-corrected chi connectivity index (χ0v) is 24.1. The highest BCUT2D eigenvalue weighted by Crippen LogP contribution is 2.31. The van der Waals surface area contributed by atoms with Crippen LogP contribution in [-0.4, -0.2) is 36.1 Å². The lowest BCUT2D eigenvalue weighted by molar-refractivity contribution is 0.0592. The number of ether oxygens (including phenoxy) is 3. The Kier molecular flexibility index (Phi) is 9.34. The molecule has 0 aliphatic carbocycles. The first-order valence-electron chi connectivity index (χ1n) is 13.1. The molecule has 1 heterocycles. The number of fused-ring (bicyclic) bond motifs is 1. The predicted molar refractivity (Wildman–Crippen MR) is 164 cm³/mol. The van der Waals surface area contributed by atoms with E-state index in [1.165, 1.54) is 19.8 Å². The lowest BCUT2D eigenvalue weighted by atomic mass is 10.1. The Bertz CT molecular complexity index is 1750. The lowest BCUT2D eigenvalue weighted by Crippen LogP contribution is -2.04. The van der Waals surface area contributed by atoms with Gasteiger partial charge in [-0.25, -0.2) is 14.6 Å². The first-order valence-corrected chi connectivity index (χ1v) is 13.1. The fourth-order valence-electron chi connectivity index (χ4n) is 4.17. The van der Waals surface area contributed by atoms with Crippen LogP contribution in [0.15, 0.2) is 85.1 Å². The average Bonchev–Trinajstić information content (AvgIpc) is 3.01. The second-order valence-corrected chi connectivity index (χ2v) is 9.46. The SMILES string of the molecule is COC(=O)c1ccc(N)c(C)c1.COC(=O)c1ccc(Nc2nccc(Oc3ccc(C)c4ccccc34)n2)c(C)c1. The Morgan fingerprint density at radius 2 is 1.38 bits per heavy atom. The Morgan fingerprint density at radius 1 is 0.738 bits per heavy atom. The molecule has 0 saturated carbocycles. The fourth-order valence-corrected chi connectivity index (χ4v) is 4.17. The summed E-state index contributed by atoms with van der Waals surface area (Å²) < 4.78 is 15.4. The van der Waals surface area contributed by atoms with E-state index < -0.39 is 0 Å². The number of esters is 2. The van der Waals surface area contributed by atoms with E-state index in [9.17, 15) is 9.59 Å². The van der Waals surface area contributed by atoms with Crippen LogP contribution in [-0.2, 0) is 9.47 Å². The number of rotatable bonds is 6. The van der Waals surface area contributed by atoms with Gasteiger partial charge in [0.05, 0.1) is 25.3 Å². The number of benzene rings is 4. The molecular weight excluding hydrogens is 532 g/mol. The van der Waals surface area contributed by atoms with E-state index in [-0.39, 0.29) is 11.9 Å². The third-order valence-electron chi connectivity index (χ3n) is 6.53. The molecule has 4 aromatic carbocycles. The molecule has 0 spiro atoms. The van der Waals surface area contributed by atoms with Crippen LogP contribution in [0.3, 0.4) is 0 Å². The predicted octanol–water partition coefficient (Wildman–Crippen LogP) is 6.93. The van der Waals surface area contributed by atoms with Crippen molar-refractivity contribution in [1.82, 2.24) is 9.97 Å². The summed E-state index contributed by atoms with van der Waals surface area (Å²) >= 11 is 0. The maximum atomic E-state index is 11.7. The van der Waals surface area contributed by atoms with Gasteiger partial charge in [-0.05, 0) is 85.3 Å². The molecule has 0 aliphatic rings. The number of hydrogen-bond acceptors (Lipinski definition) is 9. The van der Waals surface area contributed by atoms with Crippen molar-refractivity contribution in [3.05, 3.63) is 113 Å². The molecule has 0 amide bonds. The maximum Gasteiger partial charge on any atom is 0.337 e. The molecule has 0 unspecified atom stereocenters. The second-order valence-electron chi connectivity index (χ2n) is 9.46. The van der Waals surface area contributed by atoms with Crippen molar-refractivity contribution in [1.29, 1.82) is 0 Å². The number of nitrogens with two attached hydrogens (primary N) is 1. The smallest absolute Gasteiger partial charge is 0.337 e. The summed E-state index contributed by atoms with van der Waals surface area (Å²) in [6.45, 7) is 5.82. The minimum Gasteiger partial charge on any atom is -0.465 e. The van der Waals surface area contributed by atoms with E-state index >= 15 is 0 Å². The van der Waals surface area contributed by atoms with Gasteiger partial charge in [0.1, 0.15) is 5.75 Å². The molecule has 0 radical (unpaired) electrons. The summed E-state index contributed by atoms with van der Waals surface area (Å²) in [5, 5.41) is 5.34. The van der Waals surface area contributed by atoms with Gasteiger partial charge >= 0.3 is 11.9 Å². The van der Waals surface area contributed by atoms with E-state index in [0.717, 1.165) is 33.3 Å². The molecule has 0 bridgehead atoms. The average molecular weight is 565 g/mol. The molecule has 9 heteroatoms. The standard InChI is InChI=1S/C24H21N3O3.C9H11NO2/c1-15-8-11-21(19-7-5-4-6-18(15)19)30-22-12-13-25-24(27-22)26-20-10-9-17(14-16(20)2)23(28)29-3;1-6-5-7(9(11)12-2)3-4-8(6)10/h4-14H,1-3H3,(H,25,26,27);3-5H,10H2,1-2H3. The second kappa shape index (κ2) is 13.3. The Balaban J connectivity index is 0.000000283. The zero-order chi connectivity index (χ0) is 30.2. The first-order chi connectivity index (χ1) is 20.2. The van der Waals surface area contributed by atoms with E-state index in [4.69, 9.17) is 15.2 Å². The van der Waals surface area contributed by atoms with Crippen molar-refractivity contribution >= 4 is 40.0 Å². The van der Waals surface area contributed by atoms with Crippen molar-refractivity contribution in [3.8, 4) is 11.6 Å². The molecule has 3 N–H and O–H groups in total. The number of hydrogen-bond donors (Lipinski definition) is 2. The summed E-state index contributed by atoms with van der Waals surface area (Å²) in [6, 6.07) is 24.1. The van der Waals surface area contributed by atoms with Gasteiger partial charge in [-0.1, -0.05) is 30.3 Å². The molecule has 0 saturated heterocycles. The zero-order valence-electron chi connectivity index (χ0n) is 24.1. The van der Waals surface area contributed by atoms with Gasteiger partial charge in [-0.2, -0.15) is 4.98 Å². The van der Waals surface area contributed by atoms with E-state index in [2.05, 4.69) is 33.0 Å². The van der Waals surface area contributed by atoms with E-state index in [0.29, 0.717) is 28.6 Å². The number of carbonyl (C=O) groups excluding carboxylic acids is 2. The minimum atomic E-state index is -0.373.